The Morgan fingerprint density at radius 1 is 1.24 bits per heavy atom. The Hall–Kier alpha value is -0.700. The number of ether oxygens (including phenoxy) is 1. The van der Waals surface area contributed by atoms with Crippen molar-refractivity contribution >= 4 is 51.6 Å². The number of benzene rings is 1. The van der Waals surface area contributed by atoms with E-state index in [-0.39, 0.29) is 16.8 Å². The van der Waals surface area contributed by atoms with Gasteiger partial charge in [0.15, 0.2) is 0 Å². The van der Waals surface area contributed by atoms with Crippen molar-refractivity contribution in [1.29, 1.82) is 0 Å². The number of nitrogens with zero attached hydrogens (tertiary/aromatic N) is 1. The maximum absolute atomic E-state index is 13.7. The van der Waals surface area contributed by atoms with Crippen LogP contribution >= 0.6 is 42.5 Å². The number of hydrogen-bond donors (Lipinski definition) is 0. The molecule has 0 atom stereocenters. The third kappa shape index (κ3) is 4.38. The fourth-order valence-corrected chi connectivity index (χ4v) is 3.43. The highest BCUT2D eigenvalue weighted by Crippen LogP contribution is 2.32. The van der Waals surface area contributed by atoms with Crippen molar-refractivity contribution in [3.8, 4) is 5.75 Å². The minimum Gasteiger partial charge on any atom is -0.488 e. The van der Waals surface area contributed by atoms with Crippen molar-refractivity contribution in [1.82, 2.24) is 4.98 Å². The molecule has 0 saturated heterocycles. The summed E-state index contributed by atoms with van der Waals surface area (Å²) >= 11 is 6.40. The molecule has 0 aliphatic carbocycles. The summed E-state index contributed by atoms with van der Waals surface area (Å²) in [7, 11) is 0.986. The molecule has 0 bridgehead atoms. The number of hydrogen-bond acceptors (Lipinski definition) is 4. The van der Waals surface area contributed by atoms with Crippen LogP contribution in [-0.4, -0.2) is 13.4 Å². The SMILES string of the molecule is O=S(=O)(Cl)c1cc(Br)c(OCc2cncc(Br)c2)cc1F. The van der Waals surface area contributed by atoms with Crippen molar-refractivity contribution < 1.29 is 17.5 Å². The van der Waals surface area contributed by atoms with E-state index in [0.717, 1.165) is 22.2 Å². The fraction of sp³-hybridized carbons (Fsp3) is 0.0833. The van der Waals surface area contributed by atoms with Gasteiger partial charge in [-0.1, -0.05) is 0 Å². The summed E-state index contributed by atoms with van der Waals surface area (Å²) in [5, 5.41) is 0. The van der Waals surface area contributed by atoms with Gasteiger partial charge in [0.1, 0.15) is 23.1 Å². The summed E-state index contributed by atoms with van der Waals surface area (Å²) < 4.78 is 42.6. The maximum Gasteiger partial charge on any atom is 0.264 e. The van der Waals surface area contributed by atoms with E-state index < -0.39 is 19.8 Å². The zero-order valence-corrected chi connectivity index (χ0v) is 14.9. The molecule has 9 heteroatoms. The fourth-order valence-electron chi connectivity index (χ4n) is 1.50. The number of pyridine rings is 1. The van der Waals surface area contributed by atoms with Crippen LogP contribution in [0.3, 0.4) is 0 Å². The lowest BCUT2D eigenvalue weighted by Gasteiger charge is -2.10. The third-order valence-electron chi connectivity index (χ3n) is 2.40. The number of rotatable bonds is 4. The van der Waals surface area contributed by atoms with Gasteiger partial charge < -0.3 is 4.74 Å². The van der Waals surface area contributed by atoms with Crippen molar-refractivity contribution in [3.63, 3.8) is 0 Å². The molecule has 0 aliphatic rings. The van der Waals surface area contributed by atoms with Crippen molar-refractivity contribution in [2.45, 2.75) is 11.5 Å². The molecular formula is C12H7Br2ClFNO3S. The van der Waals surface area contributed by atoms with Crippen molar-refractivity contribution in [2.75, 3.05) is 0 Å². The third-order valence-corrected chi connectivity index (χ3v) is 4.80. The molecule has 1 aromatic carbocycles. The molecule has 0 N–H and O–H groups in total. The normalized spacial score (nSPS) is 11.4. The van der Waals surface area contributed by atoms with Gasteiger partial charge in [-0.15, -0.1) is 0 Å². The molecule has 21 heavy (non-hydrogen) atoms. The first-order valence-electron chi connectivity index (χ1n) is 5.43. The quantitative estimate of drug-likeness (QED) is 0.642. The lowest BCUT2D eigenvalue weighted by molar-refractivity contribution is 0.301. The molecule has 0 spiro atoms. The van der Waals surface area contributed by atoms with Crippen LogP contribution in [0, 0.1) is 5.82 Å². The first-order chi connectivity index (χ1) is 9.77. The van der Waals surface area contributed by atoms with Gasteiger partial charge in [0.2, 0.25) is 0 Å². The molecule has 0 aliphatic heterocycles. The molecule has 0 saturated carbocycles. The maximum atomic E-state index is 13.7. The first-order valence-corrected chi connectivity index (χ1v) is 9.33. The molecular weight excluding hydrogens is 452 g/mol. The topological polar surface area (TPSA) is 56.3 Å². The van der Waals surface area contributed by atoms with E-state index in [0.29, 0.717) is 0 Å². The zero-order valence-electron chi connectivity index (χ0n) is 10.2. The van der Waals surface area contributed by atoms with Gasteiger partial charge in [0, 0.05) is 39.2 Å². The average molecular weight is 460 g/mol. The van der Waals surface area contributed by atoms with Gasteiger partial charge in [-0.2, -0.15) is 0 Å². The van der Waals surface area contributed by atoms with Crippen LogP contribution in [-0.2, 0) is 15.7 Å². The summed E-state index contributed by atoms with van der Waals surface area (Å²) in [5.74, 6) is -0.813. The molecule has 112 valence electrons. The number of aromatic nitrogens is 1. The molecule has 2 aromatic rings. The zero-order chi connectivity index (χ0) is 15.6. The van der Waals surface area contributed by atoms with E-state index in [1.165, 1.54) is 0 Å². The molecule has 0 unspecified atom stereocenters. The minimum atomic E-state index is -4.15. The summed E-state index contributed by atoms with van der Waals surface area (Å²) in [6, 6.07) is 3.83. The van der Waals surface area contributed by atoms with Gasteiger partial charge in [-0.05, 0) is 44.0 Å². The van der Waals surface area contributed by atoms with Gasteiger partial charge in [0.05, 0.1) is 4.47 Å². The van der Waals surface area contributed by atoms with Crippen LogP contribution < -0.4 is 4.74 Å². The summed E-state index contributed by atoms with van der Waals surface area (Å²) in [4.78, 5) is 3.37. The highest BCUT2D eigenvalue weighted by molar-refractivity contribution is 9.10. The summed E-state index contributed by atoms with van der Waals surface area (Å²) in [6.07, 6.45) is 3.23. The Balaban J connectivity index is 2.24. The summed E-state index contributed by atoms with van der Waals surface area (Å²) in [5.41, 5.74) is 0.769. The van der Waals surface area contributed by atoms with Crippen LogP contribution in [0.15, 0.2) is 44.4 Å². The van der Waals surface area contributed by atoms with Crippen molar-refractivity contribution in [2.24, 2.45) is 0 Å². The lowest BCUT2D eigenvalue weighted by Crippen LogP contribution is -2.00. The minimum absolute atomic E-state index is 0.150. The number of halogens is 4. The Kier molecular flexibility index (Phi) is 5.24. The molecule has 4 nitrogen and oxygen atoms in total. The van der Waals surface area contributed by atoms with Crippen LogP contribution in [0.1, 0.15) is 5.56 Å². The second kappa shape index (κ2) is 6.60. The van der Waals surface area contributed by atoms with Gasteiger partial charge >= 0.3 is 0 Å². The van der Waals surface area contributed by atoms with Crippen LogP contribution in [0.2, 0.25) is 0 Å². The van der Waals surface area contributed by atoms with E-state index in [1.807, 2.05) is 0 Å². The molecule has 1 heterocycles. The van der Waals surface area contributed by atoms with Crippen LogP contribution in [0.4, 0.5) is 4.39 Å². The smallest absolute Gasteiger partial charge is 0.264 e. The van der Waals surface area contributed by atoms with Gasteiger partial charge in [0.25, 0.3) is 9.05 Å². The van der Waals surface area contributed by atoms with Gasteiger partial charge in [-0.25, -0.2) is 12.8 Å². The Bertz CT molecular complexity index is 786. The molecule has 2 rings (SSSR count). The van der Waals surface area contributed by atoms with E-state index in [2.05, 4.69) is 36.8 Å². The predicted molar refractivity (Wildman–Crippen MR) is 83.4 cm³/mol. The molecule has 0 radical (unpaired) electrons. The Labute approximate surface area is 142 Å². The average Bonchev–Trinajstić information content (AvgIpc) is 2.38. The van der Waals surface area contributed by atoms with E-state index in [1.54, 1.807) is 18.5 Å². The second-order valence-corrected chi connectivity index (χ2v) is 8.26. The second-order valence-electron chi connectivity index (χ2n) is 3.95. The standard InChI is InChI=1S/C12H7Br2ClFNO3S/c13-8-1-7(4-17-5-8)6-20-11-3-10(16)12(2-9(11)14)21(15,18)19/h1-5H,6H2. The van der Waals surface area contributed by atoms with E-state index >= 15 is 0 Å². The van der Waals surface area contributed by atoms with Crippen LogP contribution in [0.5, 0.6) is 5.75 Å². The van der Waals surface area contributed by atoms with Crippen LogP contribution in [0.25, 0.3) is 0 Å². The Morgan fingerprint density at radius 3 is 2.57 bits per heavy atom. The highest BCUT2D eigenvalue weighted by atomic mass is 79.9. The molecule has 0 amide bonds. The lowest BCUT2D eigenvalue weighted by atomic mass is 10.3. The first kappa shape index (κ1) is 16.7. The molecule has 1 aromatic heterocycles. The van der Waals surface area contributed by atoms with Crippen molar-refractivity contribution in [3.05, 3.63) is 50.9 Å². The van der Waals surface area contributed by atoms with E-state index in [4.69, 9.17) is 15.4 Å². The monoisotopic (exact) mass is 457 g/mol. The van der Waals surface area contributed by atoms with E-state index in [9.17, 15) is 12.8 Å². The largest absolute Gasteiger partial charge is 0.488 e. The highest BCUT2D eigenvalue weighted by Gasteiger charge is 2.19. The molecule has 0 fully saturated rings. The van der Waals surface area contributed by atoms with Gasteiger partial charge in [-0.3, -0.25) is 4.98 Å². The Morgan fingerprint density at radius 2 is 1.95 bits per heavy atom. The predicted octanol–water partition coefficient (Wildman–Crippen LogP) is 4.25. The summed E-state index contributed by atoms with van der Waals surface area (Å²) in [6.45, 7) is 0.150.